The fraction of sp³-hybridized carbons (Fsp3) is 0.841. The van der Waals surface area contributed by atoms with E-state index in [1.807, 2.05) is 21.1 Å². The number of carbonyl (C=O) groups is 1. The molecule has 312 valence electrons. The highest BCUT2D eigenvalue weighted by Gasteiger charge is 2.20. The lowest BCUT2D eigenvalue weighted by atomic mass is 10.0. The Labute approximate surface area is 327 Å². The zero-order valence-corrected chi connectivity index (χ0v) is 36.1. The van der Waals surface area contributed by atoms with Crippen molar-refractivity contribution in [2.24, 2.45) is 0 Å². The number of phosphoric acid groups is 1. The average molecular weight is 770 g/mol. The Morgan fingerprint density at radius 3 is 1.64 bits per heavy atom. The molecule has 0 radical (unpaired) electrons. The molecule has 9 heteroatoms. The number of ether oxygens (including phenoxy) is 2. The van der Waals surface area contributed by atoms with E-state index in [4.69, 9.17) is 18.5 Å². The number of unbranched alkanes of at least 4 members (excludes halogenated alkanes) is 20. The largest absolute Gasteiger partial charge is 0.756 e. The monoisotopic (exact) mass is 770 g/mol. The molecule has 8 nitrogen and oxygen atoms in total. The van der Waals surface area contributed by atoms with Crippen LogP contribution in [0.1, 0.15) is 181 Å². The van der Waals surface area contributed by atoms with Gasteiger partial charge in [0, 0.05) is 13.0 Å². The van der Waals surface area contributed by atoms with E-state index >= 15 is 0 Å². The summed E-state index contributed by atoms with van der Waals surface area (Å²) in [5, 5.41) is 0. The van der Waals surface area contributed by atoms with Gasteiger partial charge in [0.25, 0.3) is 7.82 Å². The van der Waals surface area contributed by atoms with Gasteiger partial charge in [-0.15, -0.1) is 0 Å². The Morgan fingerprint density at radius 2 is 1.09 bits per heavy atom. The predicted molar refractivity (Wildman–Crippen MR) is 222 cm³/mol. The van der Waals surface area contributed by atoms with Crippen molar-refractivity contribution in [3.63, 3.8) is 0 Å². The average Bonchev–Trinajstić information content (AvgIpc) is 3.11. The summed E-state index contributed by atoms with van der Waals surface area (Å²) >= 11 is 0. The molecule has 53 heavy (non-hydrogen) atoms. The van der Waals surface area contributed by atoms with Crippen molar-refractivity contribution in [1.29, 1.82) is 0 Å². The van der Waals surface area contributed by atoms with Crippen LogP contribution in [0, 0.1) is 0 Å². The topological polar surface area (TPSA) is 94.1 Å². The fourth-order valence-corrected chi connectivity index (χ4v) is 6.58. The van der Waals surface area contributed by atoms with Crippen LogP contribution < -0.4 is 4.89 Å². The number of esters is 1. The Morgan fingerprint density at radius 1 is 0.604 bits per heavy atom. The molecule has 0 saturated heterocycles. The molecule has 0 aromatic rings. The number of rotatable bonds is 40. The zero-order valence-electron chi connectivity index (χ0n) is 35.2. The maximum atomic E-state index is 12.7. The summed E-state index contributed by atoms with van der Waals surface area (Å²) in [7, 11) is 1.35. The molecule has 0 aliphatic heterocycles. The standard InChI is InChI=1S/C44H84NO7P/c1-6-8-10-12-14-16-18-20-22-24-26-28-30-32-34-36-39-49-41-43(42-51-53(47,48)50-40-38-45(3,4)5)52-44(46)37-35-33-31-29-27-25-23-21-19-17-15-13-11-9-7-2/h8,10,14,16,20,22,43H,6-7,9,11-13,15,17-19,21,23-42H2,1-5H3/b10-8-,16-14-,22-20-. The maximum Gasteiger partial charge on any atom is 0.306 e. The molecule has 0 aromatic carbocycles. The normalized spacial score (nSPS) is 14.2. The van der Waals surface area contributed by atoms with E-state index in [0.717, 1.165) is 64.2 Å². The number of allylic oxidation sites excluding steroid dienone is 6. The third-order valence-electron chi connectivity index (χ3n) is 9.21. The summed E-state index contributed by atoms with van der Waals surface area (Å²) in [5.41, 5.74) is 0. The Hall–Kier alpha value is -1.28. The van der Waals surface area contributed by atoms with E-state index in [-0.39, 0.29) is 25.8 Å². The summed E-state index contributed by atoms with van der Waals surface area (Å²) < 4.78 is 34.6. The number of phosphoric ester groups is 1. The highest BCUT2D eigenvalue weighted by Crippen LogP contribution is 2.38. The van der Waals surface area contributed by atoms with Gasteiger partial charge in [-0.05, 0) is 44.9 Å². The molecule has 2 atom stereocenters. The van der Waals surface area contributed by atoms with Crippen LogP contribution in [-0.4, -0.2) is 70.7 Å². The van der Waals surface area contributed by atoms with Crippen molar-refractivity contribution in [2.75, 3.05) is 54.1 Å². The first-order chi connectivity index (χ1) is 25.6. The molecule has 2 unspecified atom stereocenters. The second-order valence-corrected chi connectivity index (χ2v) is 17.1. The number of hydrogen-bond acceptors (Lipinski definition) is 7. The van der Waals surface area contributed by atoms with Crippen molar-refractivity contribution < 1.29 is 37.3 Å². The van der Waals surface area contributed by atoms with Crippen molar-refractivity contribution in [3.8, 4) is 0 Å². The van der Waals surface area contributed by atoms with E-state index < -0.39 is 13.9 Å². The molecule has 0 spiro atoms. The van der Waals surface area contributed by atoms with Crippen molar-refractivity contribution in [3.05, 3.63) is 36.5 Å². The lowest BCUT2D eigenvalue weighted by molar-refractivity contribution is -0.870. The number of likely N-dealkylation sites (N-methyl/N-ethyl adjacent to an activating group) is 1. The molecular weight excluding hydrogens is 685 g/mol. The van der Waals surface area contributed by atoms with Crippen molar-refractivity contribution in [2.45, 2.75) is 187 Å². The highest BCUT2D eigenvalue weighted by molar-refractivity contribution is 7.45. The van der Waals surface area contributed by atoms with Crippen molar-refractivity contribution >= 4 is 13.8 Å². The first kappa shape index (κ1) is 51.7. The van der Waals surface area contributed by atoms with Gasteiger partial charge in [-0.1, -0.05) is 166 Å². The highest BCUT2D eigenvalue weighted by atomic mass is 31.2. The predicted octanol–water partition coefficient (Wildman–Crippen LogP) is 12.0. The smallest absolute Gasteiger partial charge is 0.306 e. The lowest BCUT2D eigenvalue weighted by Gasteiger charge is -2.28. The van der Waals surface area contributed by atoms with E-state index in [2.05, 4.69) is 50.3 Å². The summed E-state index contributed by atoms with van der Waals surface area (Å²) in [6, 6.07) is 0. The molecule has 0 N–H and O–H groups in total. The molecule has 0 rings (SSSR count). The number of quaternary nitrogens is 1. The molecule has 0 amide bonds. The summed E-state index contributed by atoms with van der Waals surface area (Å²) in [5.74, 6) is -0.338. The van der Waals surface area contributed by atoms with E-state index in [9.17, 15) is 14.3 Å². The van der Waals surface area contributed by atoms with Gasteiger partial charge in [0.1, 0.15) is 19.3 Å². The van der Waals surface area contributed by atoms with Gasteiger partial charge in [-0.25, -0.2) is 0 Å². The second kappa shape index (κ2) is 37.6. The summed E-state index contributed by atoms with van der Waals surface area (Å²) in [6.45, 7) is 5.28. The summed E-state index contributed by atoms with van der Waals surface area (Å²) in [4.78, 5) is 25.0. The third kappa shape index (κ3) is 41.7. The van der Waals surface area contributed by atoms with E-state index in [0.29, 0.717) is 24.1 Å². The molecule has 0 aromatic heterocycles. The fourth-order valence-electron chi connectivity index (χ4n) is 5.85. The van der Waals surface area contributed by atoms with Gasteiger partial charge >= 0.3 is 5.97 Å². The van der Waals surface area contributed by atoms with E-state index in [1.165, 1.54) is 96.3 Å². The van der Waals surface area contributed by atoms with Crippen LogP contribution in [0.2, 0.25) is 0 Å². The van der Waals surface area contributed by atoms with Crippen LogP contribution in [0.5, 0.6) is 0 Å². The number of carbonyl (C=O) groups excluding carboxylic acids is 1. The minimum absolute atomic E-state index is 0.0240. The van der Waals surface area contributed by atoms with Gasteiger partial charge < -0.3 is 27.9 Å². The Bertz CT molecular complexity index is 947. The van der Waals surface area contributed by atoms with Gasteiger partial charge in [-0.3, -0.25) is 9.36 Å². The van der Waals surface area contributed by atoms with Crippen LogP contribution in [0.15, 0.2) is 36.5 Å². The minimum atomic E-state index is -4.52. The first-order valence-corrected chi connectivity index (χ1v) is 23.2. The van der Waals surface area contributed by atoms with Crippen LogP contribution in [-0.2, 0) is 27.9 Å². The first-order valence-electron chi connectivity index (χ1n) is 21.7. The quantitative estimate of drug-likeness (QED) is 0.0201. The lowest BCUT2D eigenvalue weighted by Crippen LogP contribution is -2.37. The van der Waals surface area contributed by atoms with Crippen LogP contribution in [0.25, 0.3) is 0 Å². The Kier molecular flexibility index (Phi) is 36.7. The molecule has 0 bridgehead atoms. The van der Waals surface area contributed by atoms with Gasteiger partial charge in [-0.2, -0.15) is 0 Å². The third-order valence-corrected chi connectivity index (χ3v) is 10.2. The second-order valence-electron chi connectivity index (χ2n) is 15.7. The molecular formula is C44H84NO7P. The van der Waals surface area contributed by atoms with Crippen LogP contribution >= 0.6 is 7.82 Å². The molecule has 0 fully saturated rings. The Balaban J connectivity index is 4.25. The van der Waals surface area contributed by atoms with Gasteiger partial charge in [0.05, 0.1) is 34.4 Å². The maximum absolute atomic E-state index is 12.7. The zero-order chi connectivity index (χ0) is 39.1. The molecule has 0 heterocycles. The summed E-state index contributed by atoms with van der Waals surface area (Å²) in [6.07, 6.45) is 42.9. The molecule has 0 saturated carbocycles. The van der Waals surface area contributed by atoms with Gasteiger partial charge in [0.15, 0.2) is 0 Å². The number of nitrogens with zero attached hydrogens (tertiary/aromatic N) is 1. The van der Waals surface area contributed by atoms with Crippen molar-refractivity contribution in [1.82, 2.24) is 0 Å². The SMILES string of the molecule is CC/C=C\C/C=C\C/C=C\CCCCCCCCOCC(COP(=O)([O-])OCC[N+](C)(C)C)OC(=O)CCCCCCCCCCCCCCCCC. The number of hydrogen-bond donors (Lipinski definition) is 0. The van der Waals surface area contributed by atoms with E-state index in [1.54, 1.807) is 0 Å². The van der Waals surface area contributed by atoms with Crippen LogP contribution in [0.3, 0.4) is 0 Å². The minimum Gasteiger partial charge on any atom is -0.756 e. The molecule has 0 aliphatic carbocycles. The van der Waals surface area contributed by atoms with Crippen LogP contribution in [0.4, 0.5) is 0 Å². The molecule has 0 aliphatic rings. The van der Waals surface area contributed by atoms with Gasteiger partial charge in [0.2, 0.25) is 0 Å².